The van der Waals surface area contributed by atoms with Gasteiger partial charge in [-0.05, 0) is 31.2 Å². The molecule has 1 N–H and O–H groups in total. The van der Waals surface area contributed by atoms with Crippen LogP contribution in [-0.2, 0) is 10.0 Å². The van der Waals surface area contributed by atoms with Gasteiger partial charge in [-0.3, -0.25) is 0 Å². The Morgan fingerprint density at radius 2 is 1.88 bits per heavy atom. The van der Waals surface area contributed by atoms with E-state index in [4.69, 9.17) is 0 Å². The van der Waals surface area contributed by atoms with Crippen molar-refractivity contribution >= 4 is 16.1 Å². The van der Waals surface area contributed by atoms with Gasteiger partial charge in [-0.1, -0.05) is 35.9 Å². The van der Waals surface area contributed by atoms with Crippen LogP contribution in [0.4, 0.5) is 0 Å². The van der Waals surface area contributed by atoms with Crippen molar-refractivity contribution in [1.82, 2.24) is 4.31 Å². The minimum Gasteiger partial charge on any atom is -0.507 e. The Hall–Kier alpha value is -2.46. The Morgan fingerprint density at radius 3 is 2.54 bits per heavy atom. The molecule has 0 aromatic heterocycles. The van der Waals surface area contributed by atoms with Crippen LogP contribution in [-0.4, -0.2) is 30.9 Å². The van der Waals surface area contributed by atoms with Crippen LogP contribution < -0.4 is 0 Å². The number of para-hydroxylation sites is 1. The van der Waals surface area contributed by atoms with Gasteiger partial charge in [-0.15, -0.1) is 5.73 Å². The summed E-state index contributed by atoms with van der Waals surface area (Å²) in [6.07, 6.45) is 3.70. The average molecular weight is 368 g/mol. The molecule has 3 rings (SSSR count). The number of benzene rings is 2. The van der Waals surface area contributed by atoms with Gasteiger partial charge in [-0.25, -0.2) is 8.42 Å². The van der Waals surface area contributed by atoms with E-state index in [-0.39, 0.29) is 11.7 Å². The third-order valence-corrected chi connectivity index (χ3v) is 6.43. The Balaban J connectivity index is 1.90. The Bertz CT molecular complexity index is 955. The number of aryl methyl sites for hydroxylation is 1. The van der Waals surface area contributed by atoms with Crippen molar-refractivity contribution in [2.45, 2.75) is 18.7 Å². The normalized spacial score (nSPS) is 17.8. The van der Waals surface area contributed by atoms with Crippen molar-refractivity contribution < 1.29 is 13.5 Å². The molecule has 1 heterocycles. The van der Waals surface area contributed by atoms with Crippen LogP contribution in [0.5, 0.6) is 5.75 Å². The van der Waals surface area contributed by atoms with Crippen molar-refractivity contribution in [1.29, 1.82) is 0 Å². The molecule has 4 nitrogen and oxygen atoms in total. The van der Waals surface area contributed by atoms with Gasteiger partial charge in [0.15, 0.2) is 0 Å². The summed E-state index contributed by atoms with van der Waals surface area (Å²) >= 11 is 0. The average Bonchev–Trinajstić information content (AvgIpc) is 3.05. The number of hydrogen-bond acceptors (Lipinski definition) is 3. The van der Waals surface area contributed by atoms with Crippen LogP contribution in [0.1, 0.15) is 18.1 Å². The second kappa shape index (κ2) is 7.42. The van der Waals surface area contributed by atoms with Crippen LogP contribution >= 0.6 is 0 Å². The zero-order chi connectivity index (χ0) is 18.7. The molecule has 26 heavy (non-hydrogen) atoms. The first kappa shape index (κ1) is 18.3. The van der Waals surface area contributed by atoms with Gasteiger partial charge in [0, 0.05) is 17.7 Å². The monoisotopic (exact) mass is 368 g/mol. The van der Waals surface area contributed by atoms with Gasteiger partial charge < -0.3 is 5.11 Å². The SMILES string of the molecule is C[CH+][C@H]1CN(S(=O)(=O)c2ccc(C)cc2)CC1=C=Cc1ccccc1O. The van der Waals surface area contributed by atoms with Crippen molar-refractivity contribution in [2.24, 2.45) is 5.92 Å². The molecule has 0 unspecified atom stereocenters. The number of rotatable bonds is 4. The van der Waals surface area contributed by atoms with E-state index in [2.05, 4.69) is 5.73 Å². The maximum atomic E-state index is 12.9. The second-order valence-corrected chi connectivity index (χ2v) is 8.36. The summed E-state index contributed by atoms with van der Waals surface area (Å²) in [5.74, 6) is 0.192. The number of hydrogen-bond donors (Lipinski definition) is 1. The molecule has 1 aliphatic rings. The van der Waals surface area contributed by atoms with Crippen LogP contribution in [0.2, 0.25) is 0 Å². The van der Waals surface area contributed by atoms with E-state index in [1.54, 1.807) is 48.5 Å². The van der Waals surface area contributed by atoms with Crippen molar-refractivity contribution in [3.05, 3.63) is 77.4 Å². The molecule has 1 fully saturated rings. The van der Waals surface area contributed by atoms with Gasteiger partial charge in [0.25, 0.3) is 0 Å². The summed E-state index contributed by atoms with van der Waals surface area (Å²) in [7, 11) is -3.53. The number of nitrogens with zero attached hydrogens (tertiary/aromatic N) is 1. The summed E-state index contributed by atoms with van der Waals surface area (Å²) in [5, 5.41) is 9.87. The fraction of sp³-hybridized carbons (Fsp3) is 0.238. The van der Waals surface area contributed by atoms with Gasteiger partial charge in [-0.2, -0.15) is 4.31 Å². The first-order valence-corrected chi connectivity index (χ1v) is 9.95. The highest BCUT2D eigenvalue weighted by Crippen LogP contribution is 2.30. The van der Waals surface area contributed by atoms with Gasteiger partial charge >= 0.3 is 0 Å². The molecule has 1 atom stereocenters. The van der Waals surface area contributed by atoms with Crippen LogP contribution in [0, 0.1) is 19.3 Å². The van der Waals surface area contributed by atoms with Crippen LogP contribution in [0.3, 0.4) is 0 Å². The number of phenols is 1. The molecule has 0 spiro atoms. The minimum absolute atomic E-state index is 0.0114. The number of sulfonamides is 1. The largest absolute Gasteiger partial charge is 0.507 e. The second-order valence-electron chi connectivity index (χ2n) is 6.42. The lowest BCUT2D eigenvalue weighted by molar-refractivity contribution is 0.467. The summed E-state index contributed by atoms with van der Waals surface area (Å²) in [6.45, 7) is 4.56. The fourth-order valence-corrected chi connectivity index (χ4v) is 4.43. The van der Waals surface area contributed by atoms with Gasteiger partial charge in [0.1, 0.15) is 11.7 Å². The van der Waals surface area contributed by atoms with Crippen LogP contribution in [0.15, 0.2) is 64.7 Å². The summed E-state index contributed by atoms with van der Waals surface area (Å²) in [5.41, 5.74) is 5.78. The van der Waals surface area contributed by atoms with E-state index >= 15 is 0 Å². The third-order valence-electron chi connectivity index (χ3n) is 4.61. The van der Waals surface area contributed by atoms with E-state index in [0.717, 1.165) is 11.1 Å². The predicted octanol–water partition coefficient (Wildman–Crippen LogP) is 3.78. The minimum atomic E-state index is -3.53. The molecule has 1 saturated heterocycles. The molecular formula is C21H22NO3S+. The number of phenolic OH excluding ortho intramolecular Hbond substituents is 1. The zero-order valence-corrected chi connectivity index (χ0v) is 15.7. The first-order valence-electron chi connectivity index (χ1n) is 8.51. The lowest BCUT2D eigenvalue weighted by atomic mass is 10.0. The molecule has 0 aliphatic carbocycles. The Morgan fingerprint density at radius 1 is 1.19 bits per heavy atom. The number of aromatic hydroxyl groups is 1. The van der Waals surface area contributed by atoms with E-state index in [0.29, 0.717) is 23.5 Å². The van der Waals surface area contributed by atoms with Crippen molar-refractivity contribution in [2.75, 3.05) is 13.1 Å². The van der Waals surface area contributed by atoms with Gasteiger partial charge in [0.2, 0.25) is 10.0 Å². The molecule has 0 amide bonds. The Kier molecular flexibility index (Phi) is 5.23. The first-order chi connectivity index (χ1) is 12.4. The predicted molar refractivity (Wildman–Crippen MR) is 103 cm³/mol. The zero-order valence-electron chi connectivity index (χ0n) is 14.9. The molecular weight excluding hydrogens is 346 g/mol. The molecule has 1 aliphatic heterocycles. The Labute approximate surface area is 155 Å². The van der Waals surface area contributed by atoms with E-state index < -0.39 is 10.0 Å². The molecule has 5 heteroatoms. The highest BCUT2D eigenvalue weighted by molar-refractivity contribution is 7.89. The van der Waals surface area contributed by atoms with Gasteiger partial charge in [0.05, 0.1) is 24.8 Å². The van der Waals surface area contributed by atoms with Crippen LogP contribution in [0.25, 0.3) is 6.08 Å². The molecule has 2 aromatic rings. The smallest absolute Gasteiger partial charge is 0.243 e. The molecule has 0 radical (unpaired) electrons. The van der Waals surface area contributed by atoms with E-state index in [1.165, 1.54) is 4.31 Å². The molecule has 0 saturated carbocycles. The van der Waals surface area contributed by atoms with E-state index in [9.17, 15) is 13.5 Å². The highest BCUT2D eigenvalue weighted by Gasteiger charge is 2.38. The fourth-order valence-electron chi connectivity index (χ4n) is 2.98. The molecule has 2 aromatic carbocycles. The standard InChI is InChI=1S/C21H21NO3S/c1-3-17-14-22(26(24,25)20-12-8-16(2)9-13-20)15-19(17)11-10-18-6-4-5-7-21(18)23/h3-10,12-13,17H,14-15H2,1-2H3/p+1/t11?,17-/m0/s1. The van der Waals surface area contributed by atoms with Crippen molar-refractivity contribution in [3.63, 3.8) is 0 Å². The third kappa shape index (κ3) is 3.70. The molecule has 134 valence electrons. The lowest BCUT2D eigenvalue weighted by Gasteiger charge is -2.14. The van der Waals surface area contributed by atoms with Crippen molar-refractivity contribution in [3.8, 4) is 5.75 Å². The maximum absolute atomic E-state index is 12.9. The van der Waals surface area contributed by atoms with E-state index in [1.807, 2.05) is 26.3 Å². The summed E-state index contributed by atoms with van der Waals surface area (Å²) in [6, 6.07) is 13.9. The summed E-state index contributed by atoms with van der Waals surface area (Å²) < 4.78 is 27.3. The topological polar surface area (TPSA) is 57.6 Å². The quantitative estimate of drug-likeness (QED) is 0.660. The maximum Gasteiger partial charge on any atom is 0.243 e. The lowest BCUT2D eigenvalue weighted by Crippen LogP contribution is -2.28. The highest BCUT2D eigenvalue weighted by atomic mass is 32.2. The summed E-state index contributed by atoms with van der Waals surface area (Å²) in [4.78, 5) is 0.309. The molecule has 0 bridgehead atoms.